The molecule has 2 rings (SSSR count). The molecule has 4 nitrogen and oxygen atoms in total. The molecule has 0 saturated heterocycles. The van der Waals surface area contributed by atoms with E-state index in [1.54, 1.807) is 13.3 Å². The first-order chi connectivity index (χ1) is 8.38. The first kappa shape index (κ1) is 14.0. The van der Waals surface area contributed by atoms with Crippen molar-refractivity contribution in [2.75, 3.05) is 12.8 Å². The normalized spacial score (nSPS) is 21.8. The molecule has 0 atom stereocenters. The molecule has 0 unspecified atom stereocenters. The van der Waals surface area contributed by atoms with Gasteiger partial charge in [0, 0.05) is 13.3 Å². The van der Waals surface area contributed by atoms with Crippen molar-refractivity contribution in [2.24, 2.45) is 5.41 Å². The molecule has 18 heavy (non-hydrogen) atoms. The number of nitrogens with two attached hydrogens (primary N) is 1. The van der Waals surface area contributed by atoms with Crippen LogP contribution in [0.2, 0.25) is 0 Å². The zero-order chi connectivity index (χ0) is 13.4. The molecule has 0 bridgehead atoms. The van der Waals surface area contributed by atoms with E-state index >= 15 is 0 Å². The van der Waals surface area contributed by atoms with Crippen molar-refractivity contribution in [3.05, 3.63) is 15.6 Å². The Morgan fingerprint density at radius 3 is 2.39 bits per heavy atom. The Labute approximate surface area is 122 Å². The summed E-state index contributed by atoms with van der Waals surface area (Å²) in [5.41, 5.74) is 5.91. The fraction of sp³-hybridized carbons (Fsp3) is 0.692. The summed E-state index contributed by atoms with van der Waals surface area (Å²) >= 11 is 2.14. The van der Waals surface area contributed by atoms with E-state index in [1.165, 1.54) is 0 Å². The summed E-state index contributed by atoms with van der Waals surface area (Å²) in [6.07, 6.45) is 5.93. The number of methoxy groups -OCH3 is 1. The summed E-state index contributed by atoms with van der Waals surface area (Å²) < 4.78 is 6.66. The highest BCUT2D eigenvalue weighted by Crippen LogP contribution is 2.46. The topological polar surface area (TPSA) is 61.0 Å². The minimum Gasteiger partial charge on any atom is -0.383 e. The highest BCUT2D eigenvalue weighted by atomic mass is 127. The number of anilines is 1. The van der Waals surface area contributed by atoms with Gasteiger partial charge in [0.2, 0.25) is 0 Å². The maximum Gasteiger partial charge on any atom is 0.162 e. The third kappa shape index (κ3) is 2.61. The van der Waals surface area contributed by atoms with Gasteiger partial charge >= 0.3 is 0 Å². The standard InChI is InChI=1S/C13H20IN3O/c1-12(2)4-6-13(18-3,7-5-12)11-16-8-9(14)10(15)17-11/h8H,4-7H2,1-3H3,(H2,15,16,17). The second kappa shape index (κ2) is 4.92. The Hall–Kier alpha value is -0.430. The largest absolute Gasteiger partial charge is 0.383 e. The third-order valence-electron chi connectivity index (χ3n) is 3.98. The maximum atomic E-state index is 5.88. The molecule has 0 aliphatic heterocycles. The van der Waals surface area contributed by atoms with Crippen LogP contribution in [-0.2, 0) is 10.3 Å². The predicted octanol–water partition coefficient (Wildman–Crippen LogP) is 3.11. The van der Waals surface area contributed by atoms with Crippen molar-refractivity contribution < 1.29 is 4.74 Å². The van der Waals surface area contributed by atoms with E-state index in [4.69, 9.17) is 10.5 Å². The molecule has 100 valence electrons. The molecule has 5 heteroatoms. The average Bonchev–Trinajstić information content (AvgIpc) is 2.34. The second-order valence-corrected chi connectivity index (χ2v) is 6.95. The third-order valence-corrected chi connectivity index (χ3v) is 4.81. The minimum absolute atomic E-state index is 0.353. The molecule has 2 N–H and O–H groups in total. The van der Waals surface area contributed by atoms with Gasteiger partial charge in [-0.15, -0.1) is 0 Å². The van der Waals surface area contributed by atoms with E-state index in [0.29, 0.717) is 11.2 Å². The van der Waals surface area contributed by atoms with E-state index < -0.39 is 0 Å². The van der Waals surface area contributed by atoms with Gasteiger partial charge in [0.05, 0.1) is 3.57 Å². The summed E-state index contributed by atoms with van der Waals surface area (Å²) in [5.74, 6) is 1.28. The van der Waals surface area contributed by atoms with Crippen LogP contribution in [0.5, 0.6) is 0 Å². The van der Waals surface area contributed by atoms with Gasteiger partial charge in [0.15, 0.2) is 5.82 Å². The lowest BCUT2D eigenvalue weighted by Gasteiger charge is -2.41. The SMILES string of the molecule is COC1(c2ncc(I)c(N)n2)CCC(C)(C)CC1. The summed E-state index contributed by atoms with van der Waals surface area (Å²) in [5, 5.41) is 0. The molecule has 0 amide bonds. The highest BCUT2D eigenvalue weighted by Gasteiger charge is 2.42. The van der Waals surface area contributed by atoms with Crippen LogP contribution in [0.15, 0.2) is 6.20 Å². The first-order valence-corrected chi connectivity index (χ1v) is 7.30. The quantitative estimate of drug-likeness (QED) is 0.823. The van der Waals surface area contributed by atoms with Crippen LogP contribution in [-0.4, -0.2) is 17.1 Å². The lowest BCUT2D eigenvalue weighted by Crippen LogP contribution is -2.38. The fourth-order valence-corrected chi connectivity index (χ4v) is 2.71. The van der Waals surface area contributed by atoms with Crippen molar-refractivity contribution in [1.82, 2.24) is 9.97 Å². The maximum absolute atomic E-state index is 5.88. The number of nitrogen functional groups attached to an aromatic ring is 1. The Morgan fingerprint density at radius 1 is 1.28 bits per heavy atom. The molecule has 0 radical (unpaired) electrons. The molecule has 1 aromatic rings. The second-order valence-electron chi connectivity index (χ2n) is 5.79. The lowest BCUT2D eigenvalue weighted by molar-refractivity contribution is -0.0728. The molecule has 1 aliphatic rings. The summed E-state index contributed by atoms with van der Waals surface area (Å²) in [4.78, 5) is 8.85. The van der Waals surface area contributed by atoms with Crippen molar-refractivity contribution in [3.63, 3.8) is 0 Å². The molecular weight excluding hydrogens is 341 g/mol. The smallest absolute Gasteiger partial charge is 0.162 e. The molecule has 1 fully saturated rings. The predicted molar refractivity (Wildman–Crippen MR) is 80.1 cm³/mol. The lowest BCUT2D eigenvalue weighted by atomic mass is 9.70. The van der Waals surface area contributed by atoms with E-state index in [-0.39, 0.29) is 5.60 Å². The summed E-state index contributed by atoms with van der Waals surface area (Å²) in [6.45, 7) is 4.60. The van der Waals surface area contributed by atoms with Crippen LogP contribution >= 0.6 is 22.6 Å². The van der Waals surface area contributed by atoms with Gasteiger partial charge in [-0.25, -0.2) is 9.97 Å². The number of hydrogen-bond donors (Lipinski definition) is 1. The van der Waals surface area contributed by atoms with E-state index in [9.17, 15) is 0 Å². The number of rotatable bonds is 2. The Kier molecular flexibility index (Phi) is 3.82. The van der Waals surface area contributed by atoms with Crippen molar-refractivity contribution in [2.45, 2.75) is 45.1 Å². The van der Waals surface area contributed by atoms with Crippen LogP contribution in [0.4, 0.5) is 5.82 Å². The van der Waals surface area contributed by atoms with Gasteiger partial charge in [-0.05, 0) is 53.7 Å². The number of aromatic nitrogens is 2. The molecule has 1 aliphatic carbocycles. The number of ether oxygens (including phenoxy) is 1. The first-order valence-electron chi connectivity index (χ1n) is 6.22. The van der Waals surface area contributed by atoms with Gasteiger partial charge < -0.3 is 10.5 Å². The monoisotopic (exact) mass is 361 g/mol. The highest BCUT2D eigenvalue weighted by molar-refractivity contribution is 14.1. The van der Waals surface area contributed by atoms with Crippen LogP contribution < -0.4 is 5.73 Å². The van der Waals surface area contributed by atoms with Crippen LogP contribution in [0.25, 0.3) is 0 Å². The Bertz CT molecular complexity index is 438. The molecule has 1 saturated carbocycles. The Morgan fingerprint density at radius 2 is 1.89 bits per heavy atom. The van der Waals surface area contributed by atoms with Crippen LogP contribution in [0.3, 0.4) is 0 Å². The van der Waals surface area contributed by atoms with E-state index in [1.807, 2.05) is 0 Å². The van der Waals surface area contributed by atoms with E-state index in [0.717, 1.165) is 35.1 Å². The van der Waals surface area contributed by atoms with Crippen LogP contribution in [0.1, 0.15) is 45.4 Å². The van der Waals surface area contributed by atoms with Gasteiger partial charge in [0.1, 0.15) is 11.4 Å². The average molecular weight is 361 g/mol. The van der Waals surface area contributed by atoms with Crippen LogP contribution in [0, 0.1) is 8.99 Å². The molecule has 1 aromatic heterocycles. The molecule has 0 spiro atoms. The molecule has 1 heterocycles. The van der Waals surface area contributed by atoms with Gasteiger partial charge in [-0.1, -0.05) is 13.8 Å². The van der Waals surface area contributed by atoms with Gasteiger partial charge in [-0.2, -0.15) is 0 Å². The zero-order valence-electron chi connectivity index (χ0n) is 11.2. The fourth-order valence-electron chi connectivity index (χ4n) is 2.45. The number of halogens is 1. The number of nitrogens with zero attached hydrogens (tertiary/aromatic N) is 2. The summed E-state index contributed by atoms with van der Waals surface area (Å²) in [7, 11) is 1.75. The number of hydrogen-bond acceptors (Lipinski definition) is 4. The van der Waals surface area contributed by atoms with Gasteiger partial charge in [-0.3, -0.25) is 0 Å². The summed E-state index contributed by atoms with van der Waals surface area (Å²) in [6, 6.07) is 0. The molecule has 0 aromatic carbocycles. The van der Waals surface area contributed by atoms with Crippen molar-refractivity contribution >= 4 is 28.4 Å². The van der Waals surface area contributed by atoms with Crippen molar-refractivity contribution in [1.29, 1.82) is 0 Å². The minimum atomic E-state index is -0.353. The van der Waals surface area contributed by atoms with Crippen molar-refractivity contribution in [3.8, 4) is 0 Å². The zero-order valence-corrected chi connectivity index (χ0v) is 13.3. The van der Waals surface area contributed by atoms with Gasteiger partial charge in [0.25, 0.3) is 0 Å². The van der Waals surface area contributed by atoms with E-state index in [2.05, 4.69) is 46.4 Å². The Balaban J connectivity index is 2.30. The molecular formula is C13H20IN3O.